The van der Waals surface area contributed by atoms with Gasteiger partial charge in [-0.25, -0.2) is 13.6 Å². The summed E-state index contributed by atoms with van der Waals surface area (Å²) in [7, 11) is 0. The number of aryl methyl sites for hydroxylation is 1. The molecule has 1 fully saturated rings. The summed E-state index contributed by atoms with van der Waals surface area (Å²) in [5.74, 6) is -2.63. The topological polar surface area (TPSA) is 87.2 Å². The summed E-state index contributed by atoms with van der Waals surface area (Å²) in [5, 5.41) is 14.0. The fourth-order valence-electron chi connectivity index (χ4n) is 3.51. The van der Waals surface area contributed by atoms with Gasteiger partial charge in [0.1, 0.15) is 5.01 Å². The molecule has 3 amide bonds. The zero-order chi connectivity index (χ0) is 22.7. The Morgan fingerprint density at radius 2 is 1.81 bits per heavy atom. The second-order valence-corrected chi connectivity index (χ2v) is 8.37. The lowest BCUT2D eigenvalue weighted by atomic mass is 10.1. The van der Waals surface area contributed by atoms with Crippen LogP contribution < -0.4 is 10.6 Å². The first-order valence-electron chi connectivity index (χ1n) is 10.2. The van der Waals surface area contributed by atoms with E-state index in [9.17, 15) is 18.4 Å². The lowest BCUT2D eigenvalue weighted by molar-refractivity contribution is 0.102. The number of halogens is 2. The summed E-state index contributed by atoms with van der Waals surface area (Å²) in [6.45, 7) is 2.64. The van der Waals surface area contributed by atoms with Gasteiger partial charge in [-0.15, -0.1) is 10.2 Å². The van der Waals surface area contributed by atoms with Crippen molar-refractivity contribution < 1.29 is 18.4 Å². The van der Waals surface area contributed by atoms with Crippen LogP contribution in [0.3, 0.4) is 0 Å². The third-order valence-electron chi connectivity index (χ3n) is 5.22. The highest BCUT2D eigenvalue weighted by atomic mass is 32.1. The number of urea groups is 1. The van der Waals surface area contributed by atoms with Crippen molar-refractivity contribution in [2.75, 3.05) is 17.2 Å². The van der Waals surface area contributed by atoms with Crippen LogP contribution in [0.4, 0.5) is 25.0 Å². The molecule has 1 aliphatic heterocycles. The molecule has 32 heavy (non-hydrogen) atoms. The average molecular weight is 458 g/mol. The number of nitrogens with one attached hydrogen (secondary N) is 2. The molecule has 3 aromatic rings. The molecule has 2 aromatic carbocycles. The Hall–Kier alpha value is -3.40. The van der Waals surface area contributed by atoms with E-state index in [4.69, 9.17) is 0 Å². The van der Waals surface area contributed by atoms with Crippen molar-refractivity contribution in [1.82, 2.24) is 15.1 Å². The van der Waals surface area contributed by atoms with Crippen LogP contribution in [0.15, 0.2) is 42.5 Å². The van der Waals surface area contributed by atoms with Gasteiger partial charge in [0.15, 0.2) is 11.6 Å². The molecule has 0 spiro atoms. The van der Waals surface area contributed by atoms with Gasteiger partial charge in [-0.3, -0.25) is 4.79 Å². The second-order valence-electron chi connectivity index (χ2n) is 7.36. The molecule has 1 unspecified atom stereocenters. The molecule has 1 atom stereocenters. The summed E-state index contributed by atoms with van der Waals surface area (Å²) in [5.41, 5.74) is 2.01. The van der Waals surface area contributed by atoms with Crippen LogP contribution in [0.5, 0.6) is 0 Å². The maximum atomic E-state index is 13.4. The van der Waals surface area contributed by atoms with Gasteiger partial charge < -0.3 is 15.5 Å². The SMILES string of the molecule is CCc1ccc(NC(=O)N2CCCC2c2nnc(C(=O)Nc3ccc(F)c(F)c3)s2)cc1. The molecule has 0 radical (unpaired) electrons. The van der Waals surface area contributed by atoms with Gasteiger partial charge in [-0.05, 0) is 49.1 Å². The van der Waals surface area contributed by atoms with Gasteiger partial charge in [0, 0.05) is 24.0 Å². The minimum absolute atomic E-state index is 0.0761. The van der Waals surface area contributed by atoms with E-state index in [1.54, 1.807) is 4.90 Å². The van der Waals surface area contributed by atoms with Crippen molar-refractivity contribution in [3.8, 4) is 0 Å². The Morgan fingerprint density at radius 3 is 2.53 bits per heavy atom. The lowest BCUT2D eigenvalue weighted by Crippen LogP contribution is -2.34. The number of amides is 3. The molecular weight excluding hydrogens is 436 g/mol. The number of carbonyl (C=O) groups is 2. The summed E-state index contributed by atoms with van der Waals surface area (Å²) in [6, 6.07) is 10.2. The van der Waals surface area contributed by atoms with Crippen LogP contribution in [-0.4, -0.2) is 33.6 Å². The number of likely N-dealkylation sites (tertiary alicyclic amines) is 1. The number of anilines is 2. The van der Waals surface area contributed by atoms with Crippen LogP contribution in [0.25, 0.3) is 0 Å². The smallest absolute Gasteiger partial charge is 0.320 e. The minimum Gasteiger partial charge on any atom is -0.320 e. The van der Waals surface area contributed by atoms with Crippen LogP contribution in [-0.2, 0) is 6.42 Å². The number of hydrogen-bond acceptors (Lipinski definition) is 5. The molecule has 0 bridgehead atoms. The maximum Gasteiger partial charge on any atom is 0.322 e. The Morgan fingerprint density at radius 1 is 1.06 bits per heavy atom. The predicted octanol–water partition coefficient (Wildman–Crippen LogP) is 5.00. The number of carbonyl (C=O) groups excluding carboxylic acids is 2. The van der Waals surface area contributed by atoms with Crippen molar-refractivity contribution >= 4 is 34.6 Å². The van der Waals surface area contributed by atoms with Gasteiger partial charge in [-0.2, -0.15) is 0 Å². The van der Waals surface area contributed by atoms with Crippen LogP contribution >= 0.6 is 11.3 Å². The quantitative estimate of drug-likeness (QED) is 0.565. The van der Waals surface area contributed by atoms with E-state index in [0.717, 1.165) is 36.3 Å². The average Bonchev–Trinajstić information content (AvgIpc) is 3.46. The number of benzene rings is 2. The van der Waals surface area contributed by atoms with Crippen molar-refractivity contribution in [1.29, 1.82) is 0 Å². The van der Waals surface area contributed by atoms with E-state index in [0.29, 0.717) is 23.7 Å². The molecule has 1 aliphatic rings. The van der Waals surface area contributed by atoms with E-state index < -0.39 is 17.5 Å². The number of nitrogens with zero attached hydrogens (tertiary/aromatic N) is 3. The maximum absolute atomic E-state index is 13.4. The van der Waals surface area contributed by atoms with E-state index in [1.807, 2.05) is 24.3 Å². The molecule has 0 aliphatic carbocycles. The molecule has 2 heterocycles. The molecule has 166 valence electrons. The van der Waals surface area contributed by atoms with Crippen LogP contribution in [0.1, 0.15) is 46.2 Å². The summed E-state index contributed by atoms with van der Waals surface area (Å²) in [4.78, 5) is 26.9. The highest BCUT2D eigenvalue weighted by Crippen LogP contribution is 2.34. The van der Waals surface area contributed by atoms with Crippen molar-refractivity contribution in [3.05, 3.63) is 69.7 Å². The highest BCUT2D eigenvalue weighted by molar-refractivity contribution is 7.13. The first-order chi connectivity index (χ1) is 15.4. The molecule has 4 rings (SSSR count). The standard InChI is InChI=1S/C22H21F2N5O2S/c1-2-13-5-7-14(8-6-13)26-22(31)29-11-3-4-18(29)20-27-28-21(32-20)19(30)25-15-9-10-16(23)17(24)12-15/h5-10,12,18H,2-4,11H2,1H3,(H,25,30)(H,26,31). The monoisotopic (exact) mass is 457 g/mol. The molecule has 10 heteroatoms. The van der Waals surface area contributed by atoms with E-state index in [-0.39, 0.29) is 22.8 Å². The van der Waals surface area contributed by atoms with Crippen molar-refractivity contribution in [2.45, 2.75) is 32.2 Å². The van der Waals surface area contributed by atoms with Gasteiger partial charge in [0.05, 0.1) is 6.04 Å². The summed E-state index contributed by atoms with van der Waals surface area (Å²) in [6.07, 6.45) is 2.44. The van der Waals surface area contributed by atoms with E-state index >= 15 is 0 Å². The largest absolute Gasteiger partial charge is 0.322 e. The molecule has 2 N–H and O–H groups in total. The Balaban J connectivity index is 1.43. The lowest BCUT2D eigenvalue weighted by Gasteiger charge is -2.23. The normalized spacial score (nSPS) is 15.6. The Kier molecular flexibility index (Phi) is 6.40. The van der Waals surface area contributed by atoms with Crippen LogP contribution in [0.2, 0.25) is 0 Å². The number of aromatic nitrogens is 2. The highest BCUT2D eigenvalue weighted by Gasteiger charge is 2.33. The Bertz CT molecular complexity index is 1140. The molecule has 7 nitrogen and oxygen atoms in total. The van der Waals surface area contributed by atoms with Gasteiger partial charge in [-0.1, -0.05) is 30.4 Å². The predicted molar refractivity (Wildman–Crippen MR) is 118 cm³/mol. The van der Waals surface area contributed by atoms with Gasteiger partial charge in [0.25, 0.3) is 5.91 Å². The fraction of sp³-hybridized carbons (Fsp3) is 0.273. The molecular formula is C22H21F2N5O2S. The number of hydrogen-bond donors (Lipinski definition) is 2. The summed E-state index contributed by atoms with van der Waals surface area (Å²) >= 11 is 1.07. The van der Waals surface area contributed by atoms with Gasteiger partial charge in [0.2, 0.25) is 5.01 Å². The van der Waals surface area contributed by atoms with Crippen molar-refractivity contribution in [2.24, 2.45) is 0 Å². The summed E-state index contributed by atoms with van der Waals surface area (Å²) < 4.78 is 26.4. The zero-order valence-electron chi connectivity index (χ0n) is 17.3. The fourth-order valence-corrected chi connectivity index (χ4v) is 4.39. The van der Waals surface area contributed by atoms with Crippen molar-refractivity contribution in [3.63, 3.8) is 0 Å². The van der Waals surface area contributed by atoms with E-state index in [1.165, 1.54) is 11.6 Å². The Labute approximate surface area is 187 Å². The van der Waals surface area contributed by atoms with E-state index in [2.05, 4.69) is 27.8 Å². The third-order valence-corrected chi connectivity index (χ3v) is 6.25. The first kappa shape index (κ1) is 21.8. The molecule has 0 saturated carbocycles. The number of rotatable bonds is 5. The molecule has 1 saturated heterocycles. The molecule has 1 aromatic heterocycles. The third kappa shape index (κ3) is 4.75. The second kappa shape index (κ2) is 9.39. The zero-order valence-corrected chi connectivity index (χ0v) is 18.1. The van der Waals surface area contributed by atoms with Crippen LogP contribution in [0, 0.1) is 11.6 Å². The first-order valence-corrected chi connectivity index (χ1v) is 11.0. The van der Waals surface area contributed by atoms with Gasteiger partial charge >= 0.3 is 6.03 Å². The minimum atomic E-state index is -1.06.